The molecule has 1 aliphatic heterocycles. The Kier molecular flexibility index (Phi) is 7.44. The number of pyridine rings is 1. The summed E-state index contributed by atoms with van der Waals surface area (Å²) in [6.45, 7) is 8.17. The number of allylic oxidation sites excluding steroid dienone is 1. The van der Waals surface area contributed by atoms with E-state index in [1.165, 1.54) is 31.4 Å². The second-order valence-corrected chi connectivity index (χ2v) is 7.86. The van der Waals surface area contributed by atoms with Gasteiger partial charge in [0.1, 0.15) is 0 Å². The van der Waals surface area contributed by atoms with Gasteiger partial charge in [0.05, 0.1) is 5.69 Å². The quantitative estimate of drug-likeness (QED) is 0.630. The molecule has 5 heteroatoms. The molecule has 26 heavy (non-hydrogen) atoms. The maximum absolute atomic E-state index is 5.65. The Morgan fingerprint density at radius 1 is 1.15 bits per heavy atom. The van der Waals surface area contributed by atoms with Crippen LogP contribution >= 0.6 is 12.2 Å². The van der Waals surface area contributed by atoms with Crippen LogP contribution in [0.3, 0.4) is 0 Å². The van der Waals surface area contributed by atoms with E-state index in [-0.39, 0.29) is 0 Å². The number of nitrogens with zero attached hydrogens (tertiary/aromatic N) is 3. The van der Waals surface area contributed by atoms with Crippen LogP contribution in [0.4, 0.5) is 0 Å². The van der Waals surface area contributed by atoms with E-state index < -0.39 is 0 Å². The molecule has 0 unspecified atom stereocenters. The Bertz CT molecular complexity index is 628. The van der Waals surface area contributed by atoms with Crippen LogP contribution < -0.4 is 5.32 Å². The predicted octanol–water partition coefficient (Wildman–Crippen LogP) is 3.66. The van der Waals surface area contributed by atoms with Crippen LogP contribution in [0.1, 0.15) is 49.9 Å². The maximum atomic E-state index is 5.65. The largest absolute Gasteiger partial charge is 0.362 e. The van der Waals surface area contributed by atoms with Crippen molar-refractivity contribution in [1.29, 1.82) is 0 Å². The summed E-state index contributed by atoms with van der Waals surface area (Å²) in [6.07, 6.45) is 9.97. The molecule has 0 amide bonds. The fraction of sp³-hybridized carbons (Fsp3) is 0.619. The lowest BCUT2D eigenvalue weighted by Gasteiger charge is -2.25. The number of hydrogen-bond donors (Lipinski definition) is 1. The molecule has 142 valence electrons. The van der Waals surface area contributed by atoms with Gasteiger partial charge in [0.15, 0.2) is 5.11 Å². The molecular weight excluding hydrogens is 340 g/mol. The van der Waals surface area contributed by atoms with E-state index in [2.05, 4.69) is 51.3 Å². The van der Waals surface area contributed by atoms with Gasteiger partial charge >= 0.3 is 0 Å². The second-order valence-electron chi connectivity index (χ2n) is 7.48. The minimum Gasteiger partial charge on any atom is -0.362 e. The van der Waals surface area contributed by atoms with E-state index >= 15 is 0 Å². The summed E-state index contributed by atoms with van der Waals surface area (Å²) >= 11 is 5.65. The lowest BCUT2D eigenvalue weighted by Crippen LogP contribution is -2.42. The van der Waals surface area contributed by atoms with Crippen LogP contribution in [0.25, 0.3) is 0 Å². The molecule has 0 aromatic carbocycles. The SMILES string of the molecule is Cc1cccc(CN2CCCN(C(=S)NCCC3=CCCCC3)CC2)n1. The summed E-state index contributed by atoms with van der Waals surface area (Å²) in [4.78, 5) is 9.48. The molecule has 2 aliphatic rings. The Balaban J connectivity index is 1.41. The summed E-state index contributed by atoms with van der Waals surface area (Å²) in [7, 11) is 0. The van der Waals surface area contributed by atoms with Crippen molar-refractivity contribution in [1.82, 2.24) is 20.1 Å². The molecule has 4 nitrogen and oxygen atoms in total. The van der Waals surface area contributed by atoms with Crippen molar-refractivity contribution in [2.45, 2.75) is 52.0 Å². The van der Waals surface area contributed by atoms with Gasteiger partial charge in [-0.2, -0.15) is 0 Å². The standard InChI is InChI=1S/C21H32N4S/c1-18-7-5-10-20(23-18)17-24-13-6-14-25(16-15-24)21(26)22-12-11-19-8-3-2-4-9-19/h5,7-8,10H,2-4,6,9,11-17H2,1H3,(H,22,26). The van der Waals surface area contributed by atoms with Crippen molar-refractivity contribution in [2.24, 2.45) is 0 Å². The highest BCUT2D eigenvalue weighted by Crippen LogP contribution is 2.19. The number of aromatic nitrogens is 1. The average Bonchev–Trinajstić information content (AvgIpc) is 2.88. The summed E-state index contributed by atoms with van der Waals surface area (Å²) in [5, 5.41) is 4.41. The molecule has 0 saturated carbocycles. The van der Waals surface area contributed by atoms with Gasteiger partial charge in [-0.25, -0.2) is 0 Å². The minimum absolute atomic E-state index is 0.928. The normalized spacial score (nSPS) is 19.0. The first kappa shape index (κ1) is 19.3. The van der Waals surface area contributed by atoms with E-state index in [9.17, 15) is 0 Å². The van der Waals surface area contributed by atoms with Crippen molar-refractivity contribution in [3.63, 3.8) is 0 Å². The zero-order valence-corrected chi connectivity index (χ0v) is 16.9. The fourth-order valence-corrected chi connectivity index (χ4v) is 4.11. The smallest absolute Gasteiger partial charge is 0.168 e. The molecule has 1 fully saturated rings. The molecule has 0 bridgehead atoms. The van der Waals surface area contributed by atoms with Gasteiger partial charge in [-0.15, -0.1) is 0 Å². The molecule has 1 aromatic heterocycles. The van der Waals surface area contributed by atoms with Crippen LogP contribution in [0.5, 0.6) is 0 Å². The summed E-state index contributed by atoms with van der Waals surface area (Å²) in [5.74, 6) is 0. The van der Waals surface area contributed by atoms with Gasteiger partial charge in [-0.1, -0.05) is 17.7 Å². The lowest BCUT2D eigenvalue weighted by atomic mass is 9.97. The zero-order valence-electron chi connectivity index (χ0n) is 16.0. The Morgan fingerprint density at radius 2 is 2.08 bits per heavy atom. The first-order chi connectivity index (χ1) is 12.7. The highest BCUT2D eigenvalue weighted by atomic mass is 32.1. The highest BCUT2D eigenvalue weighted by Gasteiger charge is 2.17. The van der Waals surface area contributed by atoms with Gasteiger partial charge < -0.3 is 10.2 Å². The molecule has 0 spiro atoms. The van der Waals surface area contributed by atoms with Crippen LogP contribution in [-0.2, 0) is 6.54 Å². The Morgan fingerprint density at radius 3 is 2.88 bits per heavy atom. The number of hydrogen-bond acceptors (Lipinski definition) is 3. The van der Waals surface area contributed by atoms with Crippen molar-refractivity contribution in [3.05, 3.63) is 41.2 Å². The van der Waals surface area contributed by atoms with Crippen molar-refractivity contribution < 1.29 is 0 Å². The van der Waals surface area contributed by atoms with Crippen molar-refractivity contribution in [3.8, 4) is 0 Å². The first-order valence-corrected chi connectivity index (χ1v) is 10.5. The molecule has 0 radical (unpaired) electrons. The molecule has 1 N–H and O–H groups in total. The highest BCUT2D eigenvalue weighted by molar-refractivity contribution is 7.80. The molecule has 3 rings (SSSR count). The van der Waals surface area contributed by atoms with Crippen LogP contribution in [0.15, 0.2) is 29.8 Å². The van der Waals surface area contributed by atoms with Gasteiger partial charge in [-0.3, -0.25) is 9.88 Å². The third kappa shape index (κ3) is 6.06. The van der Waals surface area contributed by atoms with Crippen LogP contribution in [0.2, 0.25) is 0 Å². The number of thiocarbonyl (C=S) groups is 1. The molecule has 0 atom stereocenters. The molecule has 2 heterocycles. The van der Waals surface area contributed by atoms with Gasteiger partial charge in [0.2, 0.25) is 0 Å². The van der Waals surface area contributed by atoms with E-state index in [4.69, 9.17) is 12.2 Å². The molecular formula is C21H32N4S. The molecule has 1 aromatic rings. The zero-order chi connectivity index (χ0) is 18.2. The number of nitrogens with one attached hydrogen (secondary N) is 1. The maximum Gasteiger partial charge on any atom is 0.168 e. The van der Waals surface area contributed by atoms with E-state index in [0.717, 1.165) is 62.9 Å². The monoisotopic (exact) mass is 372 g/mol. The third-order valence-corrected chi connectivity index (χ3v) is 5.72. The Labute approximate surface area is 163 Å². The summed E-state index contributed by atoms with van der Waals surface area (Å²) in [5.41, 5.74) is 3.87. The fourth-order valence-electron chi connectivity index (χ4n) is 3.82. The number of aryl methyl sites for hydroxylation is 1. The van der Waals surface area contributed by atoms with Gasteiger partial charge in [0.25, 0.3) is 0 Å². The number of rotatable bonds is 5. The third-order valence-electron chi connectivity index (χ3n) is 5.31. The van der Waals surface area contributed by atoms with Gasteiger partial charge in [0, 0.05) is 45.0 Å². The second kappa shape index (κ2) is 10.0. The van der Waals surface area contributed by atoms with Crippen molar-refractivity contribution >= 4 is 17.3 Å². The average molecular weight is 373 g/mol. The van der Waals surface area contributed by atoms with E-state index in [1.54, 1.807) is 5.57 Å². The topological polar surface area (TPSA) is 31.4 Å². The predicted molar refractivity (Wildman–Crippen MR) is 112 cm³/mol. The summed E-state index contributed by atoms with van der Waals surface area (Å²) < 4.78 is 0. The summed E-state index contributed by atoms with van der Waals surface area (Å²) in [6, 6.07) is 6.28. The van der Waals surface area contributed by atoms with E-state index in [1.807, 2.05) is 0 Å². The lowest BCUT2D eigenvalue weighted by molar-refractivity contribution is 0.274. The minimum atomic E-state index is 0.928. The van der Waals surface area contributed by atoms with E-state index in [0.29, 0.717) is 0 Å². The Hall–Kier alpha value is -1.46. The van der Waals surface area contributed by atoms with Crippen molar-refractivity contribution in [2.75, 3.05) is 32.7 Å². The first-order valence-electron chi connectivity index (χ1n) is 10.1. The molecule has 1 aliphatic carbocycles. The van der Waals surface area contributed by atoms with Crippen LogP contribution in [-0.4, -0.2) is 52.6 Å². The molecule has 1 saturated heterocycles. The van der Waals surface area contributed by atoms with Gasteiger partial charge in [-0.05, 0) is 69.8 Å². The van der Waals surface area contributed by atoms with Crippen LogP contribution in [0, 0.1) is 6.92 Å².